The number of amides is 2. The molecule has 0 saturated heterocycles. The number of hydrogen-bond acceptors (Lipinski definition) is 2. The molecule has 0 aromatic carbocycles. The molecule has 0 unspecified atom stereocenters. The van der Waals surface area contributed by atoms with E-state index in [4.69, 9.17) is 5.11 Å². The molecule has 0 aliphatic carbocycles. The van der Waals surface area contributed by atoms with Crippen LogP contribution < -0.4 is 10.6 Å². The van der Waals surface area contributed by atoms with Crippen LogP contribution in [0.15, 0.2) is 0 Å². The van der Waals surface area contributed by atoms with Gasteiger partial charge in [-0.1, -0.05) is 20.8 Å². The van der Waals surface area contributed by atoms with Gasteiger partial charge in [0, 0.05) is 6.04 Å². The molecule has 0 radical (unpaired) electrons. The maximum atomic E-state index is 11.4. The van der Waals surface area contributed by atoms with Crippen LogP contribution in [0.5, 0.6) is 0 Å². The molecular formula is C11H22N2O3. The second-order valence-electron chi connectivity index (χ2n) is 4.45. The third-order valence-corrected chi connectivity index (χ3v) is 2.30. The van der Waals surface area contributed by atoms with Gasteiger partial charge in [-0.2, -0.15) is 0 Å². The molecule has 94 valence electrons. The lowest BCUT2D eigenvalue weighted by Crippen LogP contribution is -2.48. The van der Waals surface area contributed by atoms with Gasteiger partial charge in [-0.15, -0.1) is 0 Å². The zero-order valence-electron chi connectivity index (χ0n) is 10.4. The summed E-state index contributed by atoms with van der Waals surface area (Å²) < 4.78 is 0. The van der Waals surface area contributed by atoms with Crippen LogP contribution in [0, 0.1) is 5.92 Å². The van der Waals surface area contributed by atoms with E-state index in [1.54, 1.807) is 0 Å². The number of carboxylic acids is 1. The van der Waals surface area contributed by atoms with Crippen molar-refractivity contribution in [2.45, 2.75) is 52.6 Å². The molecule has 2 atom stereocenters. The SMILES string of the molecule is CC[C@H](C)NC(=O)N[C@@H](CC(C)C)C(=O)O. The van der Waals surface area contributed by atoms with E-state index in [0.717, 1.165) is 6.42 Å². The van der Waals surface area contributed by atoms with Crippen molar-refractivity contribution in [2.24, 2.45) is 5.92 Å². The molecular weight excluding hydrogens is 208 g/mol. The third-order valence-electron chi connectivity index (χ3n) is 2.30. The highest BCUT2D eigenvalue weighted by Gasteiger charge is 2.21. The van der Waals surface area contributed by atoms with Crippen molar-refractivity contribution in [3.05, 3.63) is 0 Å². The molecule has 16 heavy (non-hydrogen) atoms. The van der Waals surface area contributed by atoms with Gasteiger partial charge in [0.1, 0.15) is 6.04 Å². The summed E-state index contributed by atoms with van der Waals surface area (Å²) in [6.45, 7) is 7.67. The highest BCUT2D eigenvalue weighted by Crippen LogP contribution is 2.04. The lowest BCUT2D eigenvalue weighted by Gasteiger charge is -2.18. The van der Waals surface area contributed by atoms with Gasteiger partial charge in [-0.3, -0.25) is 0 Å². The molecule has 0 aliphatic heterocycles. The van der Waals surface area contributed by atoms with E-state index in [-0.39, 0.29) is 12.0 Å². The maximum Gasteiger partial charge on any atom is 0.326 e. The van der Waals surface area contributed by atoms with Crippen LogP contribution >= 0.6 is 0 Å². The molecule has 0 rings (SSSR count). The summed E-state index contributed by atoms with van der Waals surface area (Å²) in [5, 5.41) is 14.1. The molecule has 0 saturated carbocycles. The van der Waals surface area contributed by atoms with Crippen molar-refractivity contribution in [3.63, 3.8) is 0 Å². The Morgan fingerprint density at radius 2 is 1.75 bits per heavy atom. The Kier molecular flexibility index (Phi) is 6.53. The fourth-order valence-corrected chi connectivity index (χ4v) is 1.22. The van der Waals surface area contributed by atoms with E-state index in [1.807, 2.05) is 27.7 Å². The molecule has 2 amide bonds. The number of hydrogen-bond donors (Lipinski definition) is 3. The first-order chi connectivity index (χ1) is 7.36. The van der Waals surface area contributed by atoms with E-state index in [2.05, 4.69) is 10.6 Å². The minimum Gasteiger partial charge on any atom is -0.480 e. The lowest BCUT2D eigenvalue weighted by atomic mass is 10.0. The Hall–Kier alpha value is -1.26. The number of nitrogens with one attached hydrogen (secondary N) is 2. The number of carbonyl (C=O) groups is 2. The van der Waals surface area contributed by atoms with Crippen molar-refractivity contribution < 1.29 is 14.7 Å². The quantitative estimate of drug-likeness (QED) is 0.648. The zero-order chi connectivity index (χ0) is 12.7. The van der Waals surface area contributed by atoms with Gasteiger partial charge >= 0.3 is 12.0 Å². The summed E-state index contributed by atoms with van der Waals surface area (Å²) in [7, 11) is 0. The van der Waals surface area contributed by atoms with E-state index in [1.165, 1.54) is 0 Å². The first-order valence-corrected chi connectivity index (χ1v) is 5.66. The van der Waals surface area contributed by atoms with Crippen molar-refractivity contribution >= 4 is 12.0 Å². The summed E-state index contributed by atoms with van der Waals surface area (Å²) in [6, 6.07) is -1.18. The van der Waals surface area contributed by atoms with Gasteiger partial charge in [0.25, 0.3) is 0 Å². The summed E-state index contributed by atoms with van der Waals surface area (Å²) in [5.74, 6) is -0.766. The maximum absolute atomic E-state index is 11.4. The second-order valence-corrected chi connectivity index (χ2v) is 4.45. The summed E-state index contributed by atoms with van der Waals surface area (Å²) in [6.07, 6.45) is 1.25. The Morgan fingerprint density at radius 1 is 1.19 bits per heavy atom. The Balaban J connectivity index is 4.18. The summed E-state index contributed by atoms with van der Waals surface area (Å²) in [5.41, 5.74) is 0. The number of carboxylic acid groups (broad SMARTS) is 1. The van der Waals surface area contributed by atoms with Crippen molar-refractivity contribution in [2.75, 3.05) is 0 Å². The molecule has 0 heterocycles. The number of carbonyl (C=O) groups excluding carboxylic acids is 1. The summed E-state index contributed by atoms with van der Waals surface area (Å²) >= 11 is 0. The lowest BCUT2D eigenvalue weighted by molar-refractivity contribution is -0.139. The van der Waals surface area contributed by atoms with Crippen LogP contribution in [0.2, 0.25) is 0 Å². The van der Waals surface area contributed by atoms with Gasteiger partial charge in [-0.05, 0) is 25.7 Å². The first-order valence-electron chi connectivity index (χ1n) is 5.66. The van der Waals surface area contributed by atoms with Crippen molar-refractivity contribution in [1.82, 2.24) is 10.6 Å². The predicted octanol–water partition coefficient (Wildman–Crippen LogP) is 1.58. The molecule has 3 N–H and O–H groups in total. The molecule has 0 spiro atoms. The molecule has 0 bridgehead atoms. The highest BCUT2D eigenvalue weighted by molar-refractivity contribution is 5.82. The number of urea groups is 1. The topological polar surface area (TPSA) is 78.4 Å². The predicted molar refractivity (Wildman–Crippen MR) is 62.3 cm³/mol. The van der Waals surface area contributed by atoms with Gasteiger partial charge in [-0.25, -0.2) is 9.59 Å². The average Bonchev–Trinajstić information content (AvgIpc) is 2.15. The van der Waals surface area contributed by atoms with Gasteiger partial charge < -0.3 is 15.7 Å². The average molecular weight is 230 g/mol. The molecule has 0 aromatic heterocycles. The van der Waals surface area contributed by atoms with Crippen LogP contribution in [0.25, 0.3) is 0 Å². The molecule has 0 fully saturated rings. The molecule has 0 aliphatic rings. The fourth-order valence-electron chi connectivity index (χ4n) is 1.22. The van der Waals surface area contributed by atoms with Crippen LogP contribution in [-0.4, -0.2) is 29.2 Å². The van der Waals surface area contributed by atoms with Crippen LogP contribution in [0.1, 0.15) is 40.5 Å². The highest BCUT2D eigenvalue weighted by atomic mass is 16.4. The normalized spacial score (nSPS) is 14.3. The smallest absolute Gasteiger partial charge is 0.326 e. The van der Waals surface area contributed by atoms with E-state index in [0.29, 0.717) is 6.42 Å². The molecule has 5 heteroatoms. The summed E-state index contributed by atoms with van der Waals surface area (Å²) in [4.78, 5) is 22.3. The number of rotatable bonds is 6. The monoisotopic (exact) mass is 230 g/mol. The van der Waals surface area contributed by atoms with Crippen LogP contribution in [0.3, 0.4) is 0 Å². The van der Waals surface area contributed by atoms with Crippen LogP contribution in [0.4, 0.5) is 4.79 Å². The second kappa shape index (κ2) is 7.09. The molecule has 0 aromatic rings. The standard InChI is InChI=1S/C11H22N2O3/c1-5-8(4)12-11(16)13-9(10(14)15)6-7(2)3/h7-9H,5-6H2,1-4H3,(H,14,15)(H2,12,13,16)/t8-,9-/m0/s1. The van der Waals surface area contributed by atoms with Gasteiger partial charge in [0.2, 0.25) is 0 Å². The van der Waals surface area contributed by atoms with E-state index in [9.17, 15) is 9.59 Å². The first kappa shape index (κ1) is 14.7. The minimum atomic E-state index is -0.993. The Bertz CT molecular complexity index is 241. The molecule has 5 nitrogen and oxygen atoms in total. The number of aliphatic carboxylic acids is 1. The zero-order valence-corrected chi connectivity index (χ0v) is 10.4. The van der Waals surface area contributed by atoms with Crippen LogP contribution in [-0.2, 0) is 4.79 Å². The minimum absolute atomic E-state index is 0.0495. The van der Waals surface area contributed by atoms with Crippen molar-refractivity contribution in [3.8, 4) is 0 Å². The van der Waals surface area contributed by atoms with E-state index >= 15 is 0 Å². The fraction of sp³-hybridized carbons (Fsp3) is 0.818. The Labute approximate surface area is 96.6 Å². The van der Waals surface area contributed by atoms with Gasteiger partial charge in [0.05, 0.1) is 0 Å². The Morgan fingerprint density at radius 3 is 2.12 bits per heavy atom. The van der Waals surface area contributed by atoms with Crippen molar-refractivity contribution in [1.29, 1.82) is 0 Å². The van der Waals surface area contributed by atoms with E-state index < -0.39 is 18.0 Å². The largest absolute Gasteiger partial charge is 0.480 e. The van der Waals surface area contributed by atoms with Gasteiger partial charge in [0.15, 0.2) is 0 Å². The third kappa shape index (κ3) is 6.27.